The van der Waals surface area contributed by atoms with Crippen molar-refractivity contribution < 1.29 is 9.18 Å². The number of carbonyl (C=O) groups is 1. The molecule has 4 heteroatoms. The minimum atomic E-state index is -0.301. The van der Waals surface area contributed by atoms with Crippen LogP contribution in [-0.4, -0.2) is 11.3 Å². The van der Waals surface area contributed by atoms with E-state index in [1.165, 1.54) is 17.7 Å². The smallest absolute Gasteiger partial charge is 0.224 e. The summed E-state index contributed by atoms with van der Waals surface area (Å²) in [6.07, 6.45) is 0.988. The molecule has 2 unspecified atom stereocenters. The molecule has 3 rings (SSSR count). The Balaban J connectivity index is 1.69. The van der Waals surface area contributed by atoms with Crippen molar-refractivity contribution in [2.75, 3.05) is 0 Å². The van der Waals surface area contributed by atoms with Crippen molar-refractivity contribution in [3.05, 3.63) is 71.0 Å². The molecule has 1 N–H and O–H groups in total. The Bertz CT molecular complexity index is 656. The van der Waals surface area contributed by atoms with Gasteiger partial charge in [0.2, 0.25) is 5.91 Å². The first-order valence-electron chi connectivity index (χ1n) is 6.89. The summed E-state index contributed by atoms with van der Waals surface area (Å²) in [5, 5.41) is 2.86. The number of halogens is 2. The predicted molar refractivity (Wildman–Crippen MR) is 80.8 cm³/mol. The first-order chi connectivity index (χ1) is 10.1. The van der Waals surface area contributed by atoms with Gasteiger partial charge in [0.15, 0.2) is 0 Å². The lowest BCUT2D eigenvalue weighted by atomic mass is 10.1. The van der Waals surface area contributed by atoms with Crippen LogP contribution in [0.2, 0.25) is 0 Å². The van der Waals surface area contributed by atoms with E-state index in [4.69, 9.17) is 11.6 Å². The van der Waals surface area contributed by atoms with Crippen LogP contribution in [0.3, 0.4) is 0 Å². The number of nitrogens with one attached hydrogen (secondary N) is 1. The van der Waals surface area contributed by atoms with Crippen molar-refractivity contribution in [2.45, 2.75) is 24.3 Å². The van der Waals surface area contributed by atoms with Gasteiger partial charge in [0.25, 0.3) is 0 Å². The van der Waals surface area contributed by atoms with E-state index in [-0.39, 0.29) is 29.6 Å². The topological polar surface area (TPSA) is 29.1 Å². The van der Waals surface area contributed by atoms with E-state index in [9.17, 15) is 9.18 Å². The highest BCUT2D eigenvalue weighted by Crippen LogP contribution is 2.34. The van der Waals surface area contributed by atoms with E-state index in [2.05, 4.69) is 5.32 Å². The Morgan fingerprint density at radius 3 is 2.67 bits per heavy atom. The second kappa shape index (κ2) is 5.86. The molecule has 0 aliphatic heterocycles. The molecular weight excluding hydrogens is 289 g/mol. The standard InChI is InChI=1S/C17H15ClFNO/c18-15-10-12-3-1-2-4-14(12)17(15)20-16(21)9-11-5-7-13(19)8-6-11/h1-8,15,17H,9-10H2,(H,20,21). The molecule has 0 saturated heterocycles. The molecule has 2 atom stereocenters. The minimum Gasteiger partial charge on any atom is -0.347 e. The maximum absolute atomic E-state index is 12.9. The zero-order chi connectivity index (χ0) is 14.8. The van der Waals surface area contributed by atoms with Gasteiger partial charge >= 0.3 is 0 Å². The number of fused-ring (bicyclic) bond motifs is 1. The highest BCUT2D eigenvalue weighted by molar-refractivity contribution is 6.21. The quantitative estimate of drug-likeness (QED) is 0.865. The number of hydrogen-bond acceptors (Lipinski definition) is 1. The number of amides is 1. The molecule has 0 saturated carbocycles. The Kier molecular flexibility index (Phi) is 3.93. The number of carbonyl (C=O) groups excluding carboxylic acids is 1. The van der Waals surface area contributed by atoms with Crippen molar-refractivity contribution in [3.63, 3.8) is 0 Å². The Hall–Kier alpha value is -1.87. The fourth-order valence-electron chi connectivity index (χ4n) is 2.73. The van der Waals surface area contributed by atoms with E-state index in [0.717, 1.165) is 17.5 Å². The van der Waals surface area contributed by atoms with Crippen LogP contribution in [0, 0.1) is 5.82 Å². The third-order valence-corrected chi connectivity index (χ3v) is 4.17. The lowest BCUT2D eigenvalue weighted by molar-refractivity contribution is -0.121. The van der Waals surface area contributed by atoms with Crippen molar-refractivity contribution in [1.29, 1.82) is 0 Å². The Morgan fingerprint density at radius 1 is 1.19 bits per heavy atom. The highest BCUT2D eigenvalue weighted by Gasteiger charge is 2.31. The van der Waals surface area contributed by atoms with E-state index in [1.54, 1.807) is 12.1 Å². The van der Waals surface area contributed by atoms with Crippen LogP contribution in [0.15, 0.2) is 48.5 Å². The third kappa shape index (κ3) is 3.08. The van der Waals surface area contributed by atoms with Crippen molar-refractivity contribution >= 4 is 17.5 Å². The van der Waals surface area contributed by atoms with E-state index in [1.807, 2.05) is 24.3 Å². The summed E-state index contributed by atoms with van der Waals surface area (Å²) in [5.41, 5.74) is 3.06. The Labute approximate surface area is 127 Å². The average Bonchev–Trinajstić information content (AvgIpc) is 2.78. The summed E-state index contributed by atoms with van der Waals surface area (Å²) in [6, 6.07) is 13.8. The molecule has 108 valence electrons. The first-order valence-corrected chi connectivity index (χ1v) is 7.33. The van der Waals surface area contributed by atoms with E-state index in [0.29, 0.717) is 0 Å². The second-order valence-corrected chi connectivity index (χ2v) is 5.83. The molecule has 0 fully saturated rings. The summed E-state index contributed by atoms with van der Waals surface area (Å²) >= 11 is 6.35. The number of benzene rings is 2. The maximum Gasteiger partial charge on any atom is 0.224 e. The molecule has 1 amide bonds. The van der Waals surface area contributed by atoms with Crippen LogP contribution in [0.5, 0.6) is 0 Å². The molecule has 0 radical (unpaired) electrons. The zero-order valence-electron chi connectivity index (χ0n) is 11.4. The lowest BCUT2D eigenvalue weighted by Crippen LogP contribution is -2.32. The number of alkyl halides is 1. The van der Waals surface area contributed by atoms with Crippen LogP contribution < -0.4 is 5.32 Å². The van der Waals surface area contributed by atoms with Gasteiger partial charge in [0, 0.05) is 0 Å². The molecule has 2 aromatic rings. The van der Waals surface area contributed by atoms with Gasteiger partial charge in [-0.1, -0.05) is 36.4 Å². The fraction of sp³-hybridized carbons (Fsp3) is 0.235. The highest BCUT2D eigenvalue weighted by atomic mass is 35.5. The average molecular weight is 304 g/mol. The van der Waals surface area contributed by atoms with Crippen LogP contribution in [0.1, 0.15) is 22.7 Å². The predicted octanol–water partition coefficient (Wildman–Crippen LogP) is 3.39. The third-order valence-electron chi connectivity index (χ3n) is 3.76. The summed E-state index contributed by atoms with van der Waals surface area (Å²) < 4.78 is 12.9. The molecule has 1 aliphatic carbocycles. The minimum absolute atomic E-state index is 0.103. The van der Waals surface area contributed by atoms with Gasteiger partial charge in [-0.2, -0.15) is 0 Å². The van der Waals surface area contributed by atoms with Crippen LogP contribution in [0.25, 0.3) is 0 Å². The van der Waals surface area contributed by atoms with Gasteiger partial charge in [0.05, 0.1) is 17.8 Å². The van der Waals surface area contributed by atoms with Crippen molar-refractivity contribution in [2.24, 2.45) is 0 Å². The second-order valence-electron chi connectivity index (χ2n) is 5.27. The van der Waals surface area contributed by atoms with Gasteiger partial charge in [-0.25, -0.2) is 4.39 Å². The van der Waals surface area contributed by atoms with Crippen molar-refractivity contribution in [3.8, 4) is 0 Å². The molecule has 21 heavy (non-hydrogen) atoms. The molecule has 0 heterocycles. The molecule has 2 nitrogen and oxygen atoms in total. The number of hydrogen-bond donors (Lipinski definition) is 1. The summed E-state index contributed by atoms with van der Waals surface area (Å²) in [6.45, 7) is 0. The molecule has 0 aromatic heterocycles. The SMILES string of the molecule is O=C(Cc1ccc(F)cc1)NC1c2ccccc2CC1Cl. The fourth-order valence-corrected chi connectivity index (χ4v) is 3.09. The van der Waals surface area contributed by atoms with Crippen LogP contribution in [0.4, 0.5) is 4.39 Å². The molecule has 2 aromatic carbocycles. The maximum atomic E-state index is 12.9. The summed E-state index contributed by atoms with van der Waals surface area (Å²) in [5.74, 6) is -0.404. The monoisotopic (exact) mass is 303 g/mol. The zero-order valence-corrected chi connectivity index (χ0v) is 12.1. The largest absolute Gasteiger partial charge is 0.347 e. The normalized spacial score (nSPS) is 20.1. The molecule has 0 bridgehead atoms. The first kappa shape index (κ1) is 14.1. The van der Waals surface area contributed by atoms with Gasteiger partial charge in [-0.05, 0) is 35.2 Å². The number of rotatable bonds is 3. The van der Waals surface area contributed by atoms with Gasteiger partial charge < -0.3 is 5.32 Å². The van der Waals surface area contributed by atoms with Crippen LogP contribution >= 0.6 is 11.6 Å². The molecule has 1 aliphatic rings. The van der Waals surface area contributed by atoms with Crippen molar-refractivity contribution in [1.82, 2.24) is 5.32 Å². The molecular formula is C17H15ClFNO. The molecule has 0 spiro atoms. The summed E-state index contributed by atoms with van der Waals surface area (Å²) in [4.78, 5) is 12.1. The lowest BCUT2D eigenvalue weighted by Gasteiger charge is -2.17. The van der Waals surface area contributed by atoms with E-state index >= 15 is 0 Å². The van der Waals surface area contributed by atoms with Gasteiger partial charge in [-0.3, -0.25) is 4.79 Å². The van der Waals surface area contributed by atoms with E-state index < -0.39 is 0 Å². The summed E-state index contributed by atoms with van der Waals surface area (Å²) in [7, 11) is 0. The van der Waals surface area contributed by atoms with Crippen LogP contribution in [-0.2, 0) is 17.6 Å². The van der Waals surface area contributed by atoms with Gasteiger partial charge in [-0.15, -0.1) is 11.6 Å². The Morgan fingerprint density at radius 2 is 1.90 bits per heavy atom. The van der Waals surface area contributed by atoms with Gasteiger partial charge in [0.1, 0.15) is 5.82 Å².